The van der Waals surface area contributed by atoms with Crippen LogP contribution in [0.15, 0.2) is 36.5 Å². The number of thiazole rings is 1. The normalized spacial score (nSPS) is 11.1. The number of nitrogens with one attached hydrogen (secondary N) is 1. The maximum atomic E-state index is 11.4. The van der Waals surface area contributed by atoms with E-state index in [1.807, 2.05) is 24.3 Å². The molecule has 0 aliphatic heterocycles. The minimum absolute atomic E-state index is 0.120. The molecule has 0 aliphatic carbocycles. The van der Waals surface area contributed by atoms with Crippen molar-refractivity contribution in [1.82, 2.24) is 10.3 Å². The van der Waals surface area contributed by atoms with E-state index in [1.54, 1.807) is 25.4 Å². The molecule has 0 unspecified atom stereocenters. The van der Waals surface area contributed by atoms with Crippen molar-refractivity contribution in [2.75, 3.05) is 7.05 Å². The minimum atomic E-state index is -0.985. The van der Waals surface area contributed by atoms with Gasteiger partial charge in [-0.3, -0.25) is 4.79 Å². The Bertz CT molecular complexity index is 730. The predicted molar refractivity (Wildman–Crippen MR) is 87.5 cm³/mol. The van der Waals surface area contributed by atoms with Crippen molar-refractivity contribution in [3.63, 3.8) is 0 Å². The molecule has 1 heterocycles. The van der Waals surface area contributed by atoms with Crippen LogP contribution < -0.4 is 5.32 Å². The molecule has 0 spiro atoms. The van der Waals surface area contributed by atoms with Crippen LogP contribution in [0.3, 0.4) is 0 Å². The van der Waals surface area contributed by atoms with Crippen molar-refractivity contribution in [1.29, 1.82) is 0 Å². The van der Waals surface area contributed by atoms with Gasteiger partial charge in [0.25, 0.3) is 5.91 Å². The molecule has 2 N–H and O–H groups in total. The van der Waals surface area contributed by atoms with Crippen molar-refractivity contribution in [2.24, 2.45) is 0 Å². The first-order valence-electron chi connectivity index (χ1n) is 6.45. The molecule has 0 saturated carbocycles. The zero-order valence-electron chi connectivity index (χ0n) is 11.8. The number of hydrogen-bond acceptors (Lipinski definition) is 4. The van der Waals surface area contributed by atoms with E-state index in [0.717, 1.165) is 21.5 Å². The van der Waals surface area contributed by atoms with E-state index in [4.69, 9.17) is 5.11 Å². The Balaban J connectivity index is 2.05. The Morgan fingerprint density at radius 1 is 1.18 bits per heavy atom. The van der Waals surface area contributed by atoms with Gasteiger partial charge in [0.15, 0.2) is 0 Å². The smallest absolute Gasteiger partial charge is 0.328 e. The van der Waals surface area contributed by atoms with Crippen LogP contribution in [-0.2, 0) is 4.79 Å². The maximum absolute atomic E-state index is 11.4. The van der Waals surface area contributed by atoms with Crippen LogP contribution >= 0.6 is 11.3 Å². The molecule has 5 nitrogen and oxygen atoms in total. The monoisotopic (exact) mass is 314 g/mol. The van der Waals surface area contributed by atoms with Crippen molar-refractivity contribution in [3.05, 3.63) is 57.6 Å². The molecule has 2 aromatic rings. The Labute approximate surface area is 131 Å². The molecule has 0 radical (unpaired) electrons. The number of amides is 1. The molecule has 0 atom stereocenters. The Kier molecular flexibility index (Phi) is 5.21. The van der Waals surface area contributed by atoms with Gasteiger partial charge in [-0.2, -0.15) is 0 Å². The summed E-state index contributed by atoms with van der Waals surface area (Å²) in [7, 11) is 1.59. The number of benzene rings is 1. The fourth-order valence-electron chi connectivity index (χ4n) is 1.67. The van der Waals surface area contributed by atoms with E-state index in [0.29, 0.717) is 5.56 Å². The van der Waals surface area contributed by atoms with Gasteiger partial charge in [0, 0.05) is 29.8 Å². The zero-order chi connectivity index (χ0) is 15.9. The summed E-state index contributed by atoms with van der Waals surface area (Å²) in [5, 5.41) is 11.9. The van der Waals surface area contributed by atoms with Gasteiger partial charge in [-0.1, -0.05) is 18.2 Å². The van der Waals surface area contributed by atoms with E-state index < -0.39 is 5.97 Å². The molecule has 1 aromatic heterocycles. The van der Waals surface area contributed by atoms with Gasteiger partial charge < -0.3 is 10.4 Å². The van der Waals surface area contributed by atoms with Crippen LogP contribution in [0, 0.1) is 0 Å². The van der Waals surface area contributed by atoms with Crippen LogP contribution in [0.1, 0.15) is 25.8 Å². The van der Waals surface area contributed by atoms with Gasteiger partial charge in [0.2, 0.25) is 0 Å². The number of carbonyl (C=O) groups excluding carboxylic acids is 1. The summed E-state index contributed by atoms with van der Waals surface area (Å²) in [5.41, 5.74) is 1.56. The SMILES string of the molecule is CNC(=O)c1ccc(/C=C/c2ncc(/C=C/C(=O)O)s2)cc1. The van der Waals surface area contributed by atoms with Crippen molar-refractivity contribution in [2.45, 2.75) is 0 Å². The lowest BCUT2D eigenvalue weighted by molar-refractivity contribution is -0.131. The number of carboxylic acid groups (broad SMARTS) is 1. The second-order valence-electron chi connectivity index (χ2n) is 4.31. The van der Waals surface area contributed by atoms with E-state index in [-0.39, 0.29) is 5.91 Å². The molecule has 0 saturated heterocycles. The molecule has 2 rings (SSSR count). The third-order valence-electron chi connectivity index (χ3n) is 2.75. The molecular formula is C16H14N2O3S. The maximum Gasteiger partial charge on any atom is 0.328 e. The number of aliphatic carboxylic acids is 1. The zero-order valence-corrected chi connectivity index (χ0v) is 12.6. The highest BCUT2D eigenvalue weighted by molar-refractivity contribution is 7.13. The first-order chi connectivity index (χ1) is 10.6. The second-order valence-corrected chi connectivity index (χ2v) is 5.40. The highest BCUT2D eigenvalue weighted by Crippen LogP contribution is 2.17. The third-order valence-corrected chi connectivity index (χ3v) is 3.68. The number of carboxylic acids is 1. The molecular weight excluding hydrogens is 300 g/mol. The lowest BCUT2D eigenvalue weighted by atomic mass is 10.1. The molecule has 22 heavy (non-hydrogen) atoms. The van der Waals surface area contributed by atoms with Gasteiger partial charge in [-0.05, 0) is 29.8 Å². The summed E-state index contributed by atoms with van der Waals surface area (Å²) in [5.74, 6) is -1.10. The Morgan fingerprint density at radius 2 is 1.91 bits per heavy atom. The summed E-state index contributed by atoms with van der Waals surface area (Å²) in [6, 6.07) is 7.20. The average molecular weight is 314 g/mol. The van der Waals surface area contributed by atoms with Crippen LogP contribution in [-0.4, -0.2) is 29.0 Å². The quantitative estimate of drug-likeness (QED) is 0.832. The van der Waals surface area contributed by atoms with Crippen LogP contribution in [0.5, 0.6) is 0 Å². The highest BCUT2D eigenvalue weighted by Gasteiger charge is 2.01. The topological polar surface area (TPSA) is 79.3 Å². The van der Waals surface area contributed by atoms with Crippen LogP contribution in [0.4, 0.5) is 0 Å². The summed E-state index contributed by atoms with van der Waals surface area (Å²) < 4.78 is 0. The standard InChI is InChI=1S/C16H14N2O3S/c1-17-16(21)12-5-2-11(3-6-12)4-8-14-18-10-13(22-14)7-9-15(19)20/h2-10H,1H3,(H,17,21)(H,19,20)/b8-4+,9-7+. The van der Waals surface area contributed by atoms with E-state index in [9.17, 15) is 9.59 Å². The average Bonchev–Trinajstić information content (AvgIpc) is 2.98. The summed E-state index contributed by atoms with van der Waals surface area (Å²) in [6.45, 7) is 0. The van der Waals surface area contributed by atoms with Crippen molar-refractivity contribution in [3.8, 4) is 0 Å². The number of nitrogens with zero attached hydrogens (tertiary/aromatic N) is 1. The molecule has 0 bridgehead atoms. The summed E-state index contributed by atoms with van der Waals surface area (Å²) >= 11 is 1.39. The number of rotatable bonds is 5. The molecule has 6 heteroatoms. The van der Waals surface area contributed by atoms with Crippen LogP contribution in [0.25, 0.3) is 18.2 Å². The Morgan fingerprint density at radius 3 is 2.55 bits per heavy atom. The minimum Gasteiger partial charge on any atom is -0.478 e. The molecule has 0 aliphatic rings. The highest BCUT2D eigenvalue weighted by atomic mass is 32.1. The van der Waals surface area contributed by atoms with Gasteiger partial charge >= 0.3 is 5.97 Å². The molecule has 1 amide bonds. The van der Waals surface area contributed by atoms with Gasteiger partial charge in [-0.15, -0.1) is 11.3 Å². The summed E-state index contributed by atoms with van der Waals surface area (Å²) in [4.78, 5) is 26.8. The lowest BCUT2D eigenvalue weighted by Gasteiger charge is -1.99. The third kappa shape index (κ3) is 4.39. The number of carbonyl (C=O) groups is 2. The predicted octanol–water partition coefficient (Wildman–Crippen LogP) is 2.77. The lowest BCUT2D eigenvalue weighted by Crippen LogP contribution is -2.17. The van der Waals surface area contributed by atoms with E-state index >= 15 is 0 Å². The van der Waals surface area contributed by atoms with E-state index in [1.165, 1.54) is 17.4 Å². The number of hydrogen-bond donors (Lipinski definition) is 2. The number of aromatic nitrogens is 1. The fourth-order valence-corrected chi connectivity index (χ4v) is 2.39. The van der Waals surface area contributed by atoms with Crippen LogP contribution in [0.2, 0.25) is 0 Å². The first-order valence-corrected chi connectivity index (χ1v) is 7.27. The van der Waals surface area contributed by atoms with Gasteiger partial charge in [0.1, 0.15) is 5.01 Å². The van der Waals surface area contributed by atoms with Gasteiger partial charge in [-0.25, -0.2) is 9.78 Å². The molecule has 1 aromatic carbocycles. The molecule has 112 valence electrons. The van der Waals surface area contributed by atoms with E-state index in [2.05, 4.69) is 10.3 Å². The Hall–Kier alpha value is -2.73. The van der Waals surface area contributed by atoms with Crippen molar-refractivity contribution < 1.29 is 14.7 Å². The second kappa shape index (κ2) is 7.33. The summed E-state index contributed by atoms with van der Waals surface area (Å²) in [6.07, 6.45) is 7.95. The fraction of sp³-hybridized carbons (Fsp3) is 0.0625. The first kappa shape index (κ1) is 15.7. The van der Waals surface area contributed by atoms with Gasteiger partial charge in [0.05, 0.1) is 0 Å². The largest absolute Gasteiger partial charge is 0.478 e. The molecule has 0 fully saturated rings. The van der Waals surface area contributed by atoms with Crippen molar-refractivity contribution >= 4 is 41.4 Å².